The fourth-order valence-corrected chi connectivity index (χ4v) is 2.24. The van der Waals surface area contributed by atoms with E-state index in [4.69, 9.17) is 4.74 Å². The van der Waals surface area contributed by atoms with Gasteiger partial charge in [-0.2, -0.15) is 0 Å². The van der Waals surface area contributed by atoms with Crippen LogP contribution >= 0.6 is 0 Å². The van der Waals surface area contributed by atoms with Crippen LogP contribution in [-0.2, 0) is 9.63 Å². The van der Waals surface area contributed by atoms with Crippen LogP contribution in [0.25, 0.3) is 6.08 Å². The molecule has 1 aliphatic heterocycles. The first-order chi connectivity index (χ1) is 10.7. The lowest BCUT2D eigenvalue weighted by Crippen LogP contribution is -2.01. The van der Waals surface area contributed by atoms with Crippen LogP contribution in [0.3, 0.4) is 0 Å². The third-order valence-corrected chi connectivity index (χ3v) is 3.58. The molecule has 0 radical (unpaired) electrons. The maximum atomic E-state index is 11.5. The highest BCUT2D eigenvalue weighted by Gasteiger charge is 2.21. The van der Waals surface area contributed by atoms with Crippen molar-refractivity contribution in [3.63, 3.8) is 0 Å². The number of hydrogen-bond donors (Lipinski definition) is 0. The van der Waals surface area contributed by atoms with Gasteiger partial charge in [-0.15, -0.1) is 0 Å². The number of unbranched alkanes of at least 4 members (excludes halogenated alkanes) is 4. The number of nitrogens with zero attached hydrogens (tertiary/aromatic N) is 1. The Morgan fingerprint density at radius 2 is 1.86 bits per heavy atom. The van der Waals surface area contributed by atoms with E-state index in [-0.39, 0.29) is 0 Å². The second-order valence-electron chi connectivity index (χ2n) is 5.45. The van der Waals surface area contributed by atoms with Gasteiger partial charge < -0.3 is 9.57 Å². The Bertz CT molecular complexity index is 558. The van der Waals surface area contributed by atoms with Crippen LogP contribution in [0.1, 0.15) is 51.5 Å². The van der Waals surface area contributed by atoms with Gasteiger partial charge in [0, 0.05) is 0 Å². The topological polar surface area (TPSA) is 47.9 Å². The van der Waals surface area contributed by atoms with Crippen LogP contribution in [-0.4, -0.2) is 18.3 Å². The summed E-state index contributed by atoms with van der Waals surface area (Å²) < 4.78 is 5.72. The quantitative estimate of drug-likeness (QED) is 0.407. The first-order valence-electron chi connectivity index (χ1n) is 7.91. The summed E-state index contributed by atoms with van der Waals surface area (Å²) in [5, 5.41) is 3.66. The summed E-state index contributed by atoms with van der Waals surface area (Å²) in [7, 11) is 0. The van der Waals surface area contributed by atoms with Crippen LogP contribution in [0.4, 0.5) is 0 Å². The van der Waals surface area contributed by atoms with E-state index in [1.54, 1.807) is 13.0 Å². The van der Waals surface area contributed by atoms with Gasteiger partial charge in [-0.1, -0.05) is 49.9 Å². The third-order valence-electron chi connectivity index (χ3n) is 3.58. The molecule has 0 amide bonds. The number of ether oxygens (including phenoxy) is 1. The molecule has 0 fully saturated rings. The van der Waals surface area contributed by atoms with Crippen molar-refractivity contribution >= 4 is 17.8 Å². The average molecular weight is 301 g/mol. The highest BCUT2D eigenvalue weighted by atomic mass is 16.7. The summed E-state index contributed by atoms with van der Waals surface area (Å²) in [5.74, 6) is 0.460. The first-order valence-corrected chi connectivity index (χ1v) is 7.91. The summed E-state index contributed by atoms with van der Waals surface area (Å²) in [5.41, 5.74) is 2.04. The summed E-state index contributed by atoms with van der Waals surface area (Å²) in [6, 6.07) is 7.70. The molecule has 0 saturated heterocycles. The Balaban J connectivity index is 1.82. The van der Waals surface area contributed by atoms with Crippen LogP contribution < -0.4 is 4.74 Å². The molecule has 1 aliphatic rings. The smallest absolute Gasteiger partial charge is 0.367 e. The normalized spacial score (nSPS) is 15.8. The van der Waals surface area contributed by atoms with Gasteiger partial charge in [0.25, 0.3) is 0 Å². The van der Waals surface area contributed by atoms with Gasteiger partial charge >= 0.3 is 5.97 Å². The van der Waals surface area contributed by atoms with Crippen molar-refractivity contribution in [1.29, 1.82) is 0 Å². The molecule has 1 aromatic carbocycles. The molecular formula is C18H23NO3. The average Bonchev–Trinajstić information content (AvgIpc) is 2.84. The summed E-state index contributed by atoms with van der Waals surface area (Å²) in [6.07, 6.45) is 7.93. The molecule has 0 unspecified atom stereocenters. The molecule has 118 valence electrons. The van der Waals surface area contributed by atoms with Crippen molar-refractivity contribution in [2.45, 2.75) is 46.0 Å². The number of benzene rings is 1. The van der Waals surface area contributed by atoms with E-state index in [1.807, 2.05) is 24.3 Å². The number of carbonyl (C=O) groups excluding carboxylic acids is 1. The van der Waals surface area contributed by atoms with E-state index < -0.39 is 5.97 Å². The standard InChI is InChI=1S/C18H23NO3/c1-3-4-5-6-7-12-21-16-10-8-15(9-11-16)13-17-14(2)19-22-18(17)20/h8-11,13H,3-7,12H2,1-2H3/b17-13+. The molecule has 1 aromatic rings. The number of carbonyl (C=O) groups is 1. The Kier molecular flexibility index (Phi) is 6.19. The zero-order valence-corrected chi connectivity index (χ0v) is 13.3. The van der Waals surface area contributed by atoms with E-state index in [0.29, 0.717) is 11.3 Å². The van der Waals surface area contributed by atoms with E-state index >= 15 is 0 Å². The molecule has 4 heteroatoms. The van der Waals surface area contributed by atoms with Gasteiger partial charge in [0.1, 0.15) is 5.75 Å². The highest BCUT2D eigenvalue weighted by Crippen LogP contribution is 2.18. The van der Waals surface area contributed by atoms with Gasteiger partial charge in [0.2, 0.25) is 0 Å². The van der Waals surface area contributed by atoms with E-state index in [9.17, 15) is 4.79 Å². The van der Waals surface area contributed by atoms with Crippen molar-refractivity contribution in [2.24, 2.45) is 5.16 Å². The minimum Gasteiger partial charge on any atom is -0.494 e. The molecule has 0 atom stereocenters. The van der Waals surface area contributed by atoms with Gasteiger partial charge in [-0.3, -0.25) is 0 Å². The lowest BCUT2D eigenvalue weighted by Gasteiger charge is -2.06. The minimum absolute atomic E-state index is 0.398. The molecular weight excluding hydrogens is 278 g/mol. The van der Waals surface area contributed by atoms with Gasteiger partial charge in [0.05, 0.1) is 17.9 Å². The zero-order chi connectivity index (χ0) is 15.8. The van der Waals surface area contributed by atoms with Crippen LogP contribution in [0, 0.1) is 0 Å². The van der Waals surface area contributed by atoms with Crippen molar-refractivity contribution in [1.82, 2.24) is 0 Å². The maximum Gasteiger partial charge on any atom is 0.367 e. The lowest BCUT2D eigenvalue weighted by molar-refractivity contribution is -0.136. The van der Waals surface area contributed by atoms with Crippen molar-refractivity contribution in [3.8, 4) is 5.75 Å². The lowest BCUT2D eigenvalue weighted by atomic mass is 10.1. The van der Waals surface area contributed by atoms with E-state index in [2.05, 4.69) is 16.9 Å². The predicted molar refractivity (Wildman–Crippen MR) is 87.9 cm³/mol. The second kappa shape index (κ2) is 8.37. The maximum absolute atomic E-state index is 11.5. The monoisotopic (exact) mass is 301 g/mol. The van der Waals surface area contributed by atoms with Gasteiger partial charge in [-0.25, -0.2) is 4.79 Å². The summed E-state index contributed by atoms with van der Waals surface area (Å²) >= 11 is 0. The first kappa shape index (κ1) is 16.3. The molecule has 22 heavy (non-hydrogen) atoms. The summed E-state index contributed by atoms with van der Waals surface area (Å²) in [4.78, 5) is 16.1. The van der Waals surface area contributed by atoms with Crippen LogP contribution in [0.2, 0.25) is 0 Å². The Morgan fingerprint density at radius 3 is 2.50 bits per heavy atom. The van der Waals surface area contributed by atoms with Crippen molar-refractivity contribution < 1.29 is 14.4 Å². The second-order valence-corrected chi connectivity index (χ2v) is 5.45. The molecule has 0 bridgehead atoms. The molecule has 4 nitrogen and oxygen atoms in total. The zero-order valence-electron chi connectivity index (χ0n) is 13.3. The molecule has 2 rings (SSSR count). The Labute approximate surface area is 131 Å². The van der Waals surface area contributed by atoms with E-state index in [0.717, 1.165) is 24.3 Å². The predicted octanol–water partition coefficient (Wildman–Crippen LogP) is 4.35. The SMILES string of the molecule is CCCCCCCOc1ccc(/C=C2/C(=O)ON=C2C)cc1. The Morgan fingerprint density at radius 1 is 1.14 bits per heavy atom. The fourth-order valence-electron chi connectivity index (χ4n) is 2.24. The van der Waals surface area contributed by atoms with Crippen molar-refractivity contribution in [3.05, 3.63) is 35.4 Å². The molecule has 0 aromatic heterocycles. The molecule has 0 saturated carbocycles. The van der Waals surface area contributed by atoms with Crippen molar-refractivity contribution in [2.75, 3.05) is 6.61 Å². The summed E-state index contributed by atoms with van der Waals surface area (Å²) in [6.45, 7) is 4.72. The highest BCUT2D eigenvalue weighted by molar-refractivity contribution is 6.24. The molecule has 1 heterocycles. The minimum atomic E-state index is -0.398. The van der Waals surface area contributed by atoms with E-state index in [1.165, 1.54) is 25.7 Å². The van der Waals surface area contributed by atoms with Gasteiger partial charge in [0.15, 0.2) is 0 Å². The number of rotatable bonds is 8. The number of oxime groups is 1. The van der Waals surface area contributed by atoms with Gasteiger partial charge in [-0.05, 0) is 37.1 Å². The third kappa shape index (κ3) is 4.72. The van der Waals surface area contributed by atoms with Crippen LogP contribution in [0.5, 0.6) is 5.75 Å². The number of hydrogen-bond acceptors (Lipinski definition) is 4. The molecule has 0 aliphatic carbocycles. The molecule has 0 spiro atoms. The fraction of sp³-hybridized carbons (Fsp3) is 0.444. The largest absolute Gasteiger partial charge is 0.494 e. The Hall–Kier alpha value is -2.10. The molecule has 0 N–H and O–H groups in total. The van der Waals surface area contributed by atoms with Crippen LogP contribution in [0.15, 0.2) is 35.0 Å².